The first-order valence-electron chi connectivity index (χ1n) is 9.54. The molecule has 0 atom stereocenters. The number of anilines is 1. The van der Waals surface area contributed by atoms with Gasteiger partial charge in [0.25, 0.3) is 5.56 Å². The van der Waals surface area contributed by atoms with Gasteiger partial charge in [0.2, 0.25) is 5.95 Å². The lowest BCUT2D eigenvalue weighted by molar-refractivity contribution is 0.0974. The van der Waals surface area contributed by atoms with E-state index >= 15 is 0 Å². The smallest absolute Gasteiger partial charge is 0.329 e. The average molecular weight is 383 g/mol. The molecule has 2 N–H and O–H groups in total. The minimum absolute atomic E-state index is 0.0426. The monoisotopic (exact) mass is 383 g/mol. The Balaban J connectivity index is 1.98. The largest absolute Gasteiger partial charge is 0.356 e. The summed E-state index contributed by atoms with van der Waals surface area (Å²) in [6.07, 6.45) is 4.34. The lowest BCUT2D eigenvalue weighted by Crippen LogP contribution is -2.29. The summed E-state index contributed by atoms with van der Waals surface area (Å²) in [6, 6.07) is 8.90. The number of carbonyl (C=O) groups is 1. The molecular formula is C20H25N5O3. The van der Waals surface area contributed by atoms with Gasteiger partial charge in [0.05, 0.1) is 6.54 Å². The summed E-state index contributed by atoms with van der Waals surface area (Å²) in [5, 5.41) is 3.22. The van der Waals surface area contributed by atoms with E-state index < -0.39 is 11.2 Å². The van der Waals surface area contributed by atoms with Crippen molar-refractivity contribution in [3.05, 3.63) is 56.7 Å². The number of ketones is 1. The van der Waals surface area contributed by atoms with Crippen LogP contribution in [0.4, 0.5) is 5.95 Å². The molecule has 0 fully saturated rings. The highest BCUT2D eigenvalue weighted by molar-refractivity contribution is 5.96. The molecule has 2 aromatic heterocycles. The molecule has 0 radical (unpaired) electrons. The van der Waals surface area contributed by atoms with Gasteiger partial charge in [-0.3, -0.25) is 23.7 Å². The van der Waals surface area contributed by atoms with E-state index in [0.717, 1.165) is 25.7 Å². The lowest BCUT2D eigenvalue weighted by atomic mass is 10.1. The van der Waals surface area contributed by atoms with E-state index in [1.54, 1.807) is 35.9 Å². The van der Waals surface area contributed by atoms with Gasteiger partial charge in [-0.05, 0) is 6.42 Å². The van der Waals surface area contributed by atoms with Gasteiger partial charge in [-0.25, -0.2) is 4.79 Å². The molecule has 8 heteroatoms. The lowest BCUT2D eigenvalue weighted by Gasteiger charge is -2.10. The molecule has 3 rings (SSSR count). The number of unbranched alkanes of at least 4 members (excludes halogenated alkanes) is 3. The number of fused-ring (bicyclic) bond motifs is 1. The van der Waals surface area contributed by atoms with Gasteiger partial charge in [0.15, 0.2) is 16.9 Å². The van der Waals surface area contributed by atoms with Crippen LogP contribution in [0.2, 0.25) is 0 Å². The second kappa shape index (κ2) is 8.69. The molecule has 0 aliphatic carbocycles. The fourth-order valence-electron chi connectivity index (χ4n) is 3.13. The molecule has 28 heavy (non-hydrogen) atoms. The van der Waals surface area contributed by atoms with Crippen LogP contribution in [-0.4, -0.2) is 31.4 Å². The van der Waals surface area contributed by atoms with Crippen LogP contribution in [0, 0.1) is 0 Å². The number of Topliss-reactive ketones (excluding diaryl/α,β-unsaturated/α-hetero) is 1. The zero-order valence-corrected chi connectivity index (χ0v) is 16.2. The quantitative estimate of drug-likeness (QED) is 0.436. The molecule has 3 aromatic rings. The van der Waals surface area contributed by atoms with Gasteiger partial charge in [0.1, 0.15) is 0 Å². The summed E-state index contributed by atoms with van der Waals surface area (Å²) in [4.78, 5) is 43.8. The van der Waals surface area contributed by atoms with E-state index in [4.69, 9.17) is 0 Å². The van der Waals surface area contributed by atoms with E-state index in [1.165, 1.54) is 4.57 Å². The van der Waals surface area contributed by atoms with Crippen molar-refractivity contribution in [2.75, 3.05) is 11.9 Å². The number of hydrogen-bond acceptors (Lipinski definition) is 5. The first kappa shape index (κ1) is 19.6. The van der Waals surface area contributed by atoms with E-state index in [9.17, 15) is 14.4 Å². The molecule has 0 unspecified atom stereocenters. The molecule has 8 nitrogen and oxygen atoms in total. The zero-order chi connectivity index (χ0) is 20.1. The first-order chi connectivity index (χ1) is 13.5. The molecule has 0 saturated carbocycles. The fourth-order valence-corrected chi connectivity index (χ4v) is 3.13. The van der Waals surface area contributed by atoms with Gasteiger partial charge in [-0.1, -0.05) is 56.5 Å². The number of carbonyl (C=O) groups excluding carboxylic acids is 1. The van der Waals surface area contributed by atoms with Crippen LogP contribution in [0.25, 0.3) is 11.2 Å². The normalized spacial score (nSPS) is 11.1. The highest BCUT2D eigenvalue weighted by atomic mass is 16.2. The maximum atomic E-state index is 12.7. The van der Waals surface area contributed by atoms with Gasteiger partial charge in [-0.2, -0.15) is 4.98 Å². The number of nitrogens with one attached hydrogen (secondary N) is 2. The van der Waals surface area contributed by atoms with Crippen molar-refractivity contribution in [2.45, 2.75) is 39.2 Å². The van der Waals surface area contributed by atoms with Crippen LogP contribution in [0.15, 0.2) is 39.9 Å². The Kier molecular flexibility index (Phi) is 6.08. The predicted octanol–water partition coefficient (Wildman–Crippen LogP) is 2.30. The van der Waals surface area contributed by atoms with Crippen LogP contribution < -0.4 is 16.6 Å². The Labute approximate surface area is 162 Å². The Morgan fingerprint density at radius 1 is 1.14 bits per heavy atom. The molecule has 1 aromatic carbocycles. The number of nitrogens with zero attached hydrogens (tertiary/aromatic N) is 3. The van der Waals surface area contributed by atoms with Gasteiger partial charge in [0, 0.05) is 19.2 Å². The van der Waals surface area contributed by atoms with Crippen LogP contribution >= 0.6 is 0 Å². The van der Waals surface area contributed by atoms with Crippen LogP contribution in [0.1, 0.15) is 43.0 Å². The van der Waals surface area contributed by atoms with Crippen molar-refractivity contribution in [3.8, 4) is 0 Å². The Morgan fingerprint density at radius 3 is 2.61 bits per heavy atom. The summed E-state index contributed by atoms with van der Waals surface area (Å²) < 4.78 is 2.84. The molecular weight excluding hydrogens is 358 g/mol. The fraction of sp³-hybridized carbons (Fsp3) is 0.400. The number of H-pyrrole nitrogens is 1. The third-order valence-electron chi connectivity index (χ3n) is 4.72. The highest BCUT2D eigenvalue weighted by Gasteiger charge is 2.19. The molecule has 0 aliphatic heterocycles. The van der Waals surface area contributed by atoms with Crippen LogP contribution in [0.3, 0.4) is 0 Å². The van der Waals surface area contributed by atoms with Gasteiger partial charge < -0.3 is 5.32 Å². The van der Waals surface area contributed by atoms with Crippen molar-refractivity contribution in [1.29, 1.82) is 0 Å². The number of rotatable bonds is 9. The Bertz CT molecular complexity index is 1080. The van der Waals surface area contributed by atoms with Crippen molar-refractivity contribution < 1.29 is 4.79 Å². The van der Waals surface area contributed by atoms with Gasteiger partial charge >= 0.3 is 5.69 Å². The van der Waals surface area contributed by atoms with E-state index in [0.29, 0.717) is 18.1 Å². The summed E-state index contributed by atoms with van der Waals surface area (Å²) in [5.74, 6) is 0.282. The van der Waals surface area contributed by atoms with Crippen LogP contribution in [-0.2, 0) is 13.6 Å². The minimum atomic E-state index is -0.550. The molecule has 0 spiro atoms. The maximum Gasteiger partial charge on any atom is 0.329 e. The molecule has 0 amide bonds. The number of aromatic amines is 1. The maximum absolute atomic E-state index is 12.7. The third kappa shape index (κ3) is 4.05. The van der Waals surface area contributed by atoms with Crippen LogP contribution in [0.5, 0.6) is 0 Å². The SMILES string of the molecule is CCCCCCNc1nc2c(c(=O)[nH]c(=O)n2C)n1CC(=O)c1ccccc1. The first-order valence-corrected chi connectivity index (χ1v) is 9.54. The standard InChI is InChI=1S/C20H25N5O3/c1-3-4-5-9-12-21-19-22-17-16(18(27)23-20(28)24(17)2)25(19)13-15(26)14-10-7-6-8-11-14/h6-8,10-11H,3-5,9,12-13H2,1-2H3,(H,21,22)(H,23,27,28). The van der Waals surface area contributed by atoms with Crippen molar-refractivity contribution in [2.24, 2.45) is 7.05 Å². The number of benzene rings is 1. The third-order valence-corrected chi connectivity index (χ3v) is 4.72. The van der Waals surface area contributed by atoms with E-state index in [-0.39, 0.29) is 23.5 Å². The Morgan fingerprint density at radius 2 is 1.89 bits per heavy atom. The van der Waals surface area contributed by atoms with Crippen molar-refractivity contribution in [3.63, 3.8) is 0 Å². The molecule has 0 bridgehead atoms. The number of aryl methyl sites for hydroxylation is 1. The second-order valence-corrected chi connectivity index (χ2v) is 6.79. The minimum Gasteiger partial charge on any atom is -0.356 e. The summed E-state index contributed by atoms with van der Waals surface area (Å²) in [6.45, 7) is 2.78. The van der Waals surface area contributed by atoms with Crippen molar-refractivity contribution >= 4 is 22.9 Å². The number of aromatic nitrogens is 4. The number of imidazole rings is 1. The zero-order valence-electron chi connectivity index (χ0n) is 16.2. The molecule has 0 aliphatic rings. The number of hydrogen-bond donors (Lipinski definition) is 2. The highest BCUT2D eigenvalue weighted by Crippen LogP contribution is 2.17. The predicted molar refractivity (Wildman–Crippen MR) is 109 cm³/mol. The summed E-state index contributed by atoms with van der Waals surface area (Å²) >= 11 is 0. The molecule has 0 saturated heterocycles. The molecule has 2 heterocycles. The van der Waals surface area contributed by atoms with Gasteiger partial charge in [-0.15, -0.1) is 0 Å². The average Bonchev–Trinajstić information content (AvgIpc) is 3.05. The molecule has 148 valence electrons. The summed E-state index contributed by atoms with van der Waals surface area (Å²) in [7, 11) is 1.54. The topological polar surface area (TPSA) is 102 Å². The Hall–Kier alpha value is -3.16. The second-order valence-electron chi connectivity index (χ2n) is 6.79. The summed E-state index contributed by atoms with van der Waals surface area (Å²) in [5.41, 5.74) is -0.0656. The van der Waals surface area contributed by atoms with E-state index in [1.807, 2.05) is 6.07 Å². The van der Waals surface area contributed by atoms with Crippen molar-refractivity contribution in [1.82, 2.24) is 19.1 Å². The van der Waals surface area contributed by atoms with E-state index in [2.05, 4.69) is 22.2 Å².